The van der Waals surface area contributed by atoms with E-state index in [1.807, 2.05) is 0 Å². The van der Waals surface area contributed by atoms with Crippen molar-refractivity contribution in [2.75, 3.05) is 4.90 Å². The number of nitrogens with zero attached hydrogens (tertiary/aromatic N) is 1. The summed E-state index contributed by atoms with van der Waals surface area (Å²) in [6, 6.07) is 82.2. The largest absolute Gasteiger partial charge is 0.311 e. The van der Waals surface area contributed by atoms with Gasteiger partial charge in [-0.1, -0.05) is 204 Å². The molecule has 0 amide bonds. The molecule has 2 heteroatoms. The molecule has 0 spiro atoms. The van der Waals surface area contributed by atoms with Crippen molar-refractivity contribution in [2.24, 2.45) is 0 Å². The van der Waals surface area contributed by atoms with Gasteiger partial charge in [0.1, 0.15) is 0 Å². The first kappa shape index (κ1) is 34.8. The van der Waals surface area contributed by atoms with E-state index < -0.39 is 0 Å². The number of aryl methyl sites for hydroxylation is 1. The molecule has 0 saturated carbocycles. The van der Waals surface area contributed by atoms with Crippen LogP contribution in [0.5, 0.6) is 0 Å². The smallest absolute Gasteiger partial charge is 0.241 e. The van der Waals surface area contributed by atoms with Crippen LogP contribution in [0.1, 0.15) is 5.56 Å². The molecule has 59 heavy (non-hydrogen) atoms. The Labute approximate surface area is 345 Å². The van der Waals surface area contributed by atoms with Crippen LogP contribution in [0.4, 0.5) is 17.1 Å². The summed E-state index contributed by atoms with van der Waals surface area (Å²) in [6.07, 6.45) is 0. The van der Waals surface area contributed by atoms with E-state index in [0.29, 0.717) is 0 Å². The van der Waals surface area contributed by atoms with Gasteiger partial charge in [-0.3, -0.25) is 0 Å². The third-order valence-electron chi connectivity index (χ3n) is 12.2. The monoisotopic (exact) mass is 749 g/mol. The molecule has 0 radical (unpaired) electrons. The molecule has 0 aliphatic rings. The van der Waals surface area contributed by atoms with E-state index in [0.717, 1.165) is 17.1 Å². The highest BCUT2D eigenvalue weighted by Crippen LogP contribution is 2.48. The zero-order valence-corrected chi connectivity index (χ0v) is 32.9. The minimum absolute atomic E-state index is 0.160. The Bertz CT molecular complexity index is 3160. The second kappa shape index (κ2) is 14.5. The van der Waals surface area contributed by atoms with Crippen LogP contribution in [0, 0.1) is 6.92 Å². The molecule has 0 unspecified atom stereocenters. The number of fused-ring (bicyclic) bond motifs is 3. The molecule has 11 rings (SSSR count). The number of hydrogen-bond acceptors (Lipinski definition) is 1. The molecule has 0 N–H and O–H groups in total. The van der Waals surface area contributed by atoms with Crippen LogP contribution in [0.2, 0.25) is 0 Å². The zero-order chi connectivity index (χ0) is 39.3. The van der Waals surface area contributed by atoms with Gasteiger partial charge in [0.05, 0.1) is 0 Å². The lowest BCUT2D eigenvalue weighted by molar-refractivity contribution is 1.28. The fourth-order valence-corrected chi connectivity index (χ4v) is 9.61. The third kappa shape index (κ3) is 5.96. The van der Waals surface area contributed by atoms with Crippen molar-refractivity contribution in [3.8, 4) is 22.3 Å². The lowest BCUT2D eigenvalue weighted by Gasteiger charge is -2.25. The first-order valence-electron chi connectivity index (χ1n) is 20.5. The summed E-state index contributed by atoms with van der Waals surface area (Å²) in [5, 5.41) is 10.5. The van der Waals surface area contributed by atoms with Crippen molar-refractivity contribution in [3.05, 3.63) is 230 Å². The maximum Gasteiger partial charge on any atom is 0.241 e. The van der Waals surface area contributed by atoms with Crippen LogP contribution in [0.3, 0.4) is 0 Å². The molecule has 0 fully saturated rings. The van der Waals surface area contributed by atoms with Crippen molar-refractivity contribution >= 4 is 83.3 Å². The Morgan fingerprint density at radius 1 is 0.322 bits per heavy atom. The molecule has 11 aromatic carbocycles. The van der Waals surface area contributed by atoms with Crippen molar-refractivity contribution in [3.63, 3.8) is 0 Å². The molecule has 0 bridgehead atoms. The highest BCUT2D eigenvalue weighted by atomic mass is 15.1. The first-order valence-corrected chi connectivity index (χ1v) is 20.5. The second-order valence-electron chi connectivity index (χ2n) is 15.7. The Kier molecular flexibility index (Phi) is 8.56. The van der Waals surface area contributed by atoms with Crippen molar-refractivity contribution in [2.45, 2.75) is 6.92 Å². The van der Waals surface area contributed by atoms with E-state index in [-0.39, 0.29) is 6.71 Å². The number of hydrogen-bond donors (Lipinski definition) is 0. The van der Waals surface area contributed by atoms with Gasteiger partial charge < -0.3 is 4.90 Å². The van der Waals surface area contributed by atoms with E-state index in [1.54, 1.807) is 0 Å². The Morgan fingerprint density at radius 2 is 0.780 bits per heavy atom. The quantitative estimate of drug-likeness (QED) is 0.0849. The van der Waals surface area contributed by atoms with E-state index in [4.69, 9.17) is 0 Å². The van der Waals surface area contributed by atoms with Gasteiger partial charge in [-0.05, 0) is 114 Å². The van der Waals surface area contributed by atoms with Crippen LogP contribution in [0.25, 0.3) is 65.3 Å². The predicted molar refractivity (Wildman–Crippen MR) is 255 cm³/mol. The molecule has 11 aromatic rings. The summed E-state index contributed by atoms with van der Waals surface area (Å²) in [4.78, 5) is 2.32. The van der Waals surface area contributed by atoms with Crippen molar-refractivity contribution in [1.29, 1.82) is 0 Å². The Morgan fingerprint density at radius 3 is 1.37 bits per heavy atom. The molecule has 0 saturated heterocycles. The summed E-state index contributed by atoms with van der Waals surface area (Å²) in [5.41, 5.74) is 13.5. The lowest BCUT2D eigenvalue weighted by Crippen LogP contribution is -2.51. The summed E-state index contributed by atoms with van der Waals surface area (Å²) in [5.74, 6) is 0. The molecular formula is C57H40BN. The molecular weight excluding hydrogens is 709 g/mol. The minimum Gasteiger partial charge on any atom is -0.311 e. The van der Waals surface area contributed by atoms with Crippen LogP contribution in [0.15, 0.2) is 224 Å². The van der Waals surface area contributed by atoms with E-state index in [1.165, 1.54) is 87.3 Å². The molecule has 0 heterocycles. The first-order chi connectivity index (χ1) is 29.2. The number of para-hydroxylation sites is 2. The highest BCUT2D eigenvalue weighted by Gasteiger charge is 2.23. The lowest BCUT2D eigenvalue weighted by atomic mass is 9.37. The third-order valence-corrected chi connectivity index (χ3v) is 12.2. The van der Waals surface area contributed by atoms with Crippen LogP contribution < -0.4 is 21.3 Å². The average Bonchev–Trinajstić information content (AvgIpc) is 3.31. The number of rotatable bonds is 8. The zero-order valence-electron chi connectivity index (χ0n) is 32.9. The summed E-state index contributed by atoms with van der Waals surface area (Å²) < 4.78 is 0. The van der Waals surface area contributed by atoms with Gasteiger partial charge in [0, 0.05) is 17.1 Å². The van der Waals surface area contributed by atoms with Gasteiger partial charge >= 0.3 is 0 Å². The fourth-order valence-electron chi connectivity index (χ4n) is 9.61. The second-order valence-corrected chi connectivity index (χ2v) is 15.7. The van der Waals surface area contributed by atoms with E-state index >= 15 is 0 Å². The molecule has 0 aromatic heterocycles. The molecule has 276 valence electrons. The average molecular weight is 750 g/mol. The van der Waals surface area contributed by atoms with Gasteiger partial charge in [-0.15, -0.1) is 0 Å². The normalized spacial score (nSPS) is 11.5. The highest BCUT2D eigenvalue weighted by molar-refractivity contribution is 6.95. The standard InChI is InChI=1S/C57H40BN/c1-39-38-53(41-26-32-45(33-27-41)58(43-16-6-2-7-17-43)44-18-8-3-9-19-44)52-37-31-42-30-36-49(56-51-25-15-14-24-50(51)54(39)57(52)55(42)56)40-28-34-48(35-29-40)59(46-20-10-4-11-21-46)47-22-12-5-13-23-47/h2-38H,1H3. The van der Waals surface area contributed by atoms with E-state index in [2.05, 4.69) is 236 Å². The number of benzene rings is 11. The SMILES string of the molecule is Cc1cc(-c2ccc(B(c3ccccc3)c3ccccc3)cc2)c2ccc3ccc(-c4ccc(N(c5ccccc5)c5ccccc5)cc4)c4c5ccccc5c1c2c34. The topological polar surface area (TPSA) is 3.24 Å². The maximum atomic E-state index is 2.42. The molecule has 0 aliphatic carbocycles. The van der Waals surface area contributed by atoms with E-state index in [9.17, 15) is 0 Å². The van der Waals surface area contributed by atoms with Gasteiger partial charge in [-0.25, -0.2) is 0 Å². The van der Waals surface area contributed by atoms with Gasteiger partial charge in [0.15, 0.2) is 0 Å². The van der Waals surface area contributed by atoms with Gasteiger partial charge in [0.25, 0.3) is 0 Å². The summed E-state index contributed by atoms with van der Waals surface area (Å²) in [6.45, 7) is 2.45. The van der Waals surface area contributed by atoms with Gasteiger partial charge in [0.2, 0.25) is 6.71 Å². The van der Waals surface area contributed by atoms with Crippen LogP contribution in [-0.2, 0) is 0 Å². The minimum atomic E-state index is 0.160. The Hall–Kier alpha value is -7.42. The molecule has 1 nitrogen and oxygen atoms in total. The van der Waals surface area contributed by atoms with Crippen LogP contribution >= 0.6 is 0 Å². The van der Waals surface area contributed by atoms with Crippen molar-refractivity contribution < 1.29 is 0 Å². The summed E-state index contributed by atoms with van der Waals surface area (Å²) >= 11 is 0. The molecule has 0 atom stereocenters. The van der Waals surface area contributed by atoms with Gasteiger partial charge in [-0.2, -0.15) is 0 Å². The Balaban J connectivity index is 1.08. The predicted octanol–water partition coefficient (Wildman–Crippen LogP) is 13.4. The van der Waals surface area contributed by atoms with Crippen LogP contribution in [-0.4, -0.2) is 6.71 Å². The number of anilines is 3. The van der Waals surface area contributed by atoms with Crippen molar-refractivity contribution in [1.82, 2.24) is 0 Å². The summed E-state index contributed by atoms with van der Waals surface area (Å²) in [7, 11) is 0. The molecule has 0 aliphatic heterocycles. The fraction of sp³-hybridized carbons (Fsp3) is 0.0175. The maximum absolute atomic E-state index is 2.42.